The Hall–Kier alpha value is -2.84. The standard InChI is InChI=1S/C21H24ClN3O5/c1-23(2)21(26)30-16-5-6-17-14(12-16)8-10-24(3)19(17)9-11-29-20-7-4-15(25(27)28)13-18(20)22/h4-7,12-13,19H,8-11H2,1-3H3/t19-/m1/s1. The zero-order valence-electron chi connectivity index (χ0n) is 17.1. The van der Waals surface area contributed by atoms with Crippen LogP contribution in [0.2, 0.25) is 5.02 Å². The van der Waals surface area contributed by atoms with Gasteiger partial charge in [0.15, 0.2) is 0 Å². The summed E-state index contributed by atoms with van der Waals surface area (Å²) in [5.41, 5.74) is 2.25. The summed E-state index contributed by atoms with van der Waals surface area (Å²) in [6.07, 6.45) is 1.17. The molecule has 1 atom stereocenters. The van der Waals surface area contributed by atoms with Crippen molar-refractivity contribution >= 4 is 23.4 Å². The Kier molecular flexibility index (Phi) is 6.79. The number of fused-ring (bicyclic) bond motifs is 1. The van der Waals surface area contributed by atoms with Crippen molar-refractivity contribution in [2.45, 2.75) is 18.9 Å². The predicted molar refractivity (Wildman–Crippen MR) is 113 cm³/mol. The number of nitro benzene ring substituents is 1. The highest BCUT2D eigenvalue weighted by atomic mass is 35.5. The second-order valence-electron chi connectivity index (χ2n) is 7.38. The first kappa shape index (κ1) is 21.9. The lowest BCUT2D eigenvalue weighted by Gasteiger charge is -2.34. The summed E-state index contributed by atoms with van der Waals surface area (Å²) in [4.78, 5) is 25.8. The average molecular weight is 434 g/mol. The minimum absolute atomic E-state index is 0.0703. The second kappa shape index (κ2) is 9.32. The Morgan fingerprint density at radius 3 is 2.73 bits per heavy atom. The van der Waals surface area contributed by atoms with E-state index in [1.165, 1.54) is 28.7 Å². The zero-order chi connectivity index (χ0) is 21.8. The van der Waals surface area contributed by atoms with Gasteiger partial charge in [0.1, 0.15) is 11.5 Å². The fraction of sp³-hybridized carbons (Fsp3) is 0.381. The maximum absolute atomic E-state index is 11.8. The largest absolute Gasteiger partial charge is 0.492 e. The van der Waals surface area contributed by atoms with Crippen molar-refractivity contribution in [3.8, 4) is 11.5 Å². The Labute approximate surface area is 180 Å². The van der Waals surface area contributed by atoms with Crippen LogP contribution in [-0.2, 0) is 6.42 Å². The third kappa shape index (κ3) is 5.01. The summed E-state index contributed by atoms with van der Waals surface area (Å²) in [7, 11) is 5.35. The lowest BCUT2D eigenvalue weighted by Crippen LogP contribution is -2.33. The molecule has 0 fully saturated rings. The van der Waals surface area contributed by atoms with Crippen molar-refractivity contribution in [1.82, 2.24) is 9.80 Å². The number of nitrogens with zero attached hydrogens (tertiary/aromatic N) is 3. The van der Waals surface area contributed by atoms with Crippen molar-refractivity contribution in [3.05, 3.63) is 62.7 Å². The maximum atomic E-state index is 11.8. The number of likely N-dealkylation sites (N-methyl/N-ethyl adjacent to an activating group) is 1. The van der Waals surface area contributed by atoms with Crippen molar-refractivity contribution < 1.29 is 19.2 Å². The molecule has 0 aromatic heterocycles. The molecule has 1 heterocycles. The number of rotatable bonds is 6. The van der Waals surface area contributed by atoms with E-state index in [9.17, 15) is 14.9 Å². The normalized spacial score (nSPS) is 15.9. The Bertz CT molecular complexity index is 950. The summed E-state index contributed by atoms with van der Waals surface area (Å²) in [5.74, 6) is 0.955. The van der Waals surface area contributed by atoms with Crippen LogP contribution in [0.1, 0.15) is 23.6 Å². The van der Waals surface area contributed by atoms with E-state index >= 15 is 0 Å². The van der Waals surface area contributed by atoms with Gasteiger partial charge in [-0.15, -0.1) is 0 Å². The molecule has 0 bridgehead atoms. The van der Waals surface area contributed by atoms with Gasteiger partial charge in [-0.25, -0.2) is 4.79 Å². The van der Waals surface area contributed by atoms with Gasteiger partial charge < -0.3 is 14.4 Å². The quantitative estimate of drug-likeness (QED) is 0.498. The van der Waals surface area contributed by atoms with E-state index in [0.29, 0.717) is 24.5 Å². The fourth-order valence-electron chi connectivity index (χ4n) is 3.45. The Balaban J connectivity index is 1.67. The van der Waals surface area contributed by atoms with Crippen LogP contribution >= 0.6 is 11.6 Å². The molecular formula is C21H24ClN3O5. The molecule has 160 valence electrons. The Morgan fingerprint density at radius 1 is 1.30 bits per heavy atom. The van der Waals surface area contributed by atoms with E-state index in [1.807, 2.05) is 12.1 Å². The van der Waals surface area contributed by atoms with Gasteiger partial charge in [0.2, 0.25) is 0 Å². The van der Waals surface area contributed by atoms with E-state index < -0.39 is 11.0 Å². The molecule has 0 radical (unpaired) electrons. The number of benzene rings is 2. The van der Waals surface area contributed by atoms with Crippen LogP contribution in [0, 0.1) is 10.1 Å². The number of halogens is 1. The molecule has 2 aromatic rings. The van der Waals surface area contributed by atoms with Crippen LogP contribution in [0.5, 0.6) is 11.5 Å². The molecule has 9 heteroatoms. The lowest BCUT2D eigenvalue weighted by molar-refractivity contribution is -0.384. The minimum atomic E-state index is -0.492. The zero-order valence-corrected chi connectivity index (χ0v) is 17.9. The first-order valence-electron chi connectivity index (χ1n) is 9.55. The Morgan fingerprint density at radius 2 is 2.07 bits per heavy atom. The van der Waals surface area contributed by atoms with Crippen molar-refractivity contribution in [2.75, 3.05) is 34.3 Å². The van der Waals surface area contributed by atoms with E-state index in [4.69, 9.17) is 21.1 Å². The van der Waals surface area contributed by atoms with E-state index in [1.54, 1.807) is 20.2 Å². The van der Waals surface area contributed by atoms with Crippen LogP contribution in [0.4, 0.5) is 10.5 Å². The molecule has 1 amide bonds. The number of non-ortho nitro benzene ring substituents is 1. The van der Waals surface area contributed by atoms with Gasteiger partial charge in [-0.2, -0.15) is 0 Å². The third-order valence-electron chi connectivity index (χ3n) is 5.08. The average Bonchev–Trinajstić information content (AvgIpc) is 2.70. The SMILES string of the molecule is CN(C)C(=O)Oc1ccc2c(c1)CCN(C)[C@@H]2CCOc1ccc([N+](=O)[O-])cc1Cl. The molecule has 2 aromatic carbocycles. The highest BCUT2D eigenvalue weighted by Crippen LogP contribution is 2.34. The van der Waals surface area contributed by atoms with E-state index in [-0.39, 0.29) is 16.8 Å². The highest BCUT2D eigenvalue weighted by molar-refractivity contribution is 6.32. The number of nitro groups is 1. The smallest absolute Gasteiger partial charge is 0.414 e. The summed E-state index contributed by atoms with van der Waals surface area (Å²) >= 11 is 6.10. The van der Waals surface area contributed by atoms with Crippen molar-refractivity contribution in [3.63, 3.8) is 0 Å². The minimum Gasteiger partial charge on any atom is -0.492 e. The molecule has 0 saturated carbocycles. The van der Waals surface area contributed by atoms with Crippen LogP contribution < -0.4 is 9.47 Å². The lowest BCUT2D eigenvalue weighted by atomic mass is 9.91. The van der Waals surface area contributed by atoms with Gasteiger partial charge in [0.05, 0.1) is 16.6 Å². The van der Waals surface area contributed by atoms with Crippen LogP contribution in [0.3, 0.4) is 0 Å². The molecule has 30 heavy (non-hydrogen) atoms. The van der Waals surface area contributed by atoms with Gasteiger partial charge >= 0.3 is 6.09 Å². The first-order valence-corrected chi connectivity index (χ1v) is 9.93. The summed E-state index contributed by atoms with van der Waals surface area (Å²) in [6, 6.07) is 10.0. The number of carbonyl (C=O) groups excluding carboxylic acids is 1. The molecule has 8 nitrogen and oxygen atoms in total. The third-order valence-corrected chi connectivity index (χ3v) is 5.38. The number of carbonyl (C=O) groups is 1. The number of hydrogen-bond donors (Lipinski definition) is 0. The summed E-state index contributed by atoms with van der Waals surface area (Å²) < 4.78 is 11.2. The van der Waals surface area contributed by atoms with Crippen molar-refractivity contribution in [1.29, 1.82) is 0 Å². The fourth-order valence-corrected chi connectivity index (χ4v) is 3.68. The van der Waals surface area contributed by atoms with Gasteiger partial charge in [-0.1, -0.05) is 17.7 Å². The van der Waals surface area contributed by atoms with Crippen molar-refractivity contribution in [2.24, 2.45) is 0 Å². The van der Waals surface area contributed by atoms with Gasteiger partial charge in [-0.3, -0.25) is 15.0 Å². The molecular weight excluding hydrogens is 410 g/mol. The van der Waals surface area contributed by atoms with Gasteiger partial charge in [-0.05, 0) is 42.8 Å². The molecule has 0 spiro atoms. The van der Waals surface area contributed by atoms with Gasteiger partial charge in [0, 0.05) is 45.2 Å². The number of amides is 1. The monoisotopic (exact) mass is 433 g/mol. The van der Waals surface area contributed by atoms with Crippen LogP contribution in [0.15, 0.2) is 36.4 Å². The van der Waals surface area contributed by atoms with Crippen LogP contribution in [0.25, 0.3) is 0 Å². The number of ether oxygens (including phenoxy) is 2. The molecule has 1 aliphatic rings. The topological polar surface area (TPSA) is 85.2 Å². The first-order chi connectivity index (χ1) is 14.3. The molecule has 3 rings (SSSR count). The molecule has 0 aliphatic carbocycles. The van der Waals surface area contributed by atoms with E-state index in [2.05, 4.69) is 11.9 Å². The molecule has 1 aliphatic heterocycles. The number of hydrogen-bond acceptors (Lipinski definition) is 6. The van der Waals surface area contributed by atoms with E-state index in [0.717, 1.165) is 18.5 Å². The van der Waals surface area contributed by atoms with Gasteiger partial charge in [0.25, 0.3) is 5.69 Å². The predicted octanol–water partition coefficient (Wildman–Crippen LogP) is 4.31. The van der Waals surface area contributed by atoms with Crippen LogP contribution in [-0.4, -0.2) is 55.1 Å². The second-order valence-corrected chi connectivity index (χ2v) is 7.79. The summed E-state index contributed by atoms with van der Waals surface area (Å²) in [5, 5.41) is 11.0. The molecule has 0 N–H and O–H groups in total. The highest BCUT2D eigenvalue weighted by Gasteiger charge is 2.25. The molecule has 0 saturated heterocycles. The summed E-state index contributed by atoms with van der Waals surface area (Å²) in [6.45, 7) is 1.28. The molecule has 0 unspecified atom stereocenters. The maximum Gasteiger partial charge on any atom is 0.414 e.